The second kappa shape index (κ2) is 5.25. The Morgan fingerprint density at radius 1 is 1.24 bits per heavy atom. The first kappa shape index (κ1) is 12.0. The fraction of sp³-hybridized carbons (Fsp3) is 0.0833. The van der Waals surface area contributed by atoms with Gasteiger partial charge in [0, 0.05) is 16.6 Å². The molecule has 0 radical (unpaired) electrons. The van der Waals surface area contributed by atoms with E-state index in [0.29, 0.717) is 16.6 Å². The second-order valence-corrected chi connectivity index (χ2v) is 4.31. The van der Waals surface area contributed by atoms with Crippen molar-refractivity contribution in [2.24, 2.45) is 0 Å². The van der Waals surface area contributed by atoms with Crippen LogP contribution >= 0.6 is 23.2 Å². The summed E-state index contributed by atoms with van der Waals surface area (Å²) in [5.41, 5.74) is 0.836. The minimum atomic E-state index is -0.272. The van der Waals surface area contributed by atoms with Crippen molar-refractivity contribution < 1.29 is 9.21 Å². The van der Waals surface area contributed by atoms with Crippen LogP contribution < -0.4 is 5.32 Å². The van der Waals surface area contributed by atoms with Crippen molar-refractivity contribution in [3.63, 3.8) is 0 Å². The molecule has 0 bridgehead atoms. The van der Waals surface area contributed by atoms with Crippen LogP contribution in [-0.4, -0.2) is 5.91 Å². The summed E-state index contributed by atoms with van der Waals surface area (Å²) < 4.78 is 4.97. The molecule has 5 heteroatoms. The molecule has 1 aromatic heterocycles. The van der Waals surface area contributed by atoms with Crippen LogP contribution in [0.5, 0.6) is 0 Å². The summed E-state index contributed by atoms with van der Waals surface area (Å²) in [5, 5.41) is 3.79. The van der Waals surface area contributed by atoms with E-state index in [1.807, 2.05) is 0 Å². The fourth-order valence-electron chi connectivity index (χ4n) is 1.39. The third-order valence-electron chi connectivity index (χ3n) is 2.12. The minimum Gasteiger partial charge on any atom is -0.459 e. The van der Waals surface area contributed by atoms with Crippen LogP contribution in [-0.2, 0) is 6.54 Å². The number of amides is 1. The maximum atomic E-state index is 11.6. The Kier molecular flexibility index (Phi) is 3.71. The largest absolute Gasteiger partial charge is 0.459 e. The van der Waals surface area contributed by atoms with Gasteiger partial charge in [-0.05, 0) is 35.9 Å². The molecule has 0 saturated carbocycles. The highest BCUT2D eigenvalue weighted by atomic mass is 35.5. The van der Waals surface area contributed by atoms with Gasteiger partial charge in [-0.15, -0.1) is 0 Å². The Bertz CT molecular complexity index is 503. The summed E-state index contributed by atoms with van der Waals surface area (Å²) in [6, 6.07) is 8.39. The lowest BCUT2D eigenvalue weighted by atomic mass is 10.2. The van der Waals surface area contributed by atoms with Gasteiger partial charge in [0.2, 0.25) is 0 Å². The summed E-state index contributed by atoms with van der Waals surface area (Å²) in [5.74, 6) is 0.00391. The lowest BCUT2D eigenvalue weighted by Crippen LogP contribution is -2.22. The molecule has 0 aliphatic carbocycles. The Balaban J connectivity index is 2.00. The average Bonchev–Trinajstić information content (AvgIpc) is 2.78. The van der Waals surface area contributed by atoms with Gasteiger partial charge < -0.3 is 9.73 Å². The number of rotatable bonds is 3. The van der Waals surface area contributed by atoms with Gasteiger partial charge in [0.25, 0.3) is 5.91 Å². The van der Waals surface area contributed by atoms with Gasteiger partial charge in [0.1, 0.15) is 0 Å². The molecule has 1 amide bonds. The van der Waals surface area contributed by atoms with Crippen molar-refractivity contribution in [2.45, 2.75) is 6.54 Å². The van der Waals surface area contributed by atoms with E-state index in [1.165, 1.54) is 6.26 Å². The topological polar surface area (TPSA) is 42.2 Å². The molecule has 88 valence electrons. The van der Waals surface area contributed by atoms with E-state index in [4.69, 9.17) is 27.6 Å². The van der Waals surface area contributed by atoms with E-state index >= 15 is 0 Å². The molecule has 3 nitrogen and oxygen atoms in total. The number of carbonyl (C=O) groups excluding carboxylic acids is 1. The van der Waals surface area contributed by atoms with E-state index in [0.717, 1.165) is 5.56 Å². The number of hydrogen-bond donors (Lipinski definition) is 1. The van der Waals surface area contributed by atoms with Crippen molar-refractivity contribution in [3.8, 4) is 0 Å². The molecule has 0 spiro atoms. The fourth-order valence-corrected chi connectivity index (χ4v) is 1.96. The maximum Gasteiger partial charge on any atom is 0.287 e. The molecular formula is C12H9Cl2NO2. The zero-order valence-electron chi connectivity index (χ0n) is 8.74. The first-order valence-corrected chi connectivity index (χ1v) is 5.67. The second-order valence-electron chi connectivity index (χ2n) is 3.44. The molecule has 0 aliphatic heterocycles. The van der Waals surface area contributed by atoms with Gasteiger partial charge in [-0.25, -0.2) is 0 Å². The molecular weight excluding hydrogens is 261 g/mol. The van der Waals surface area contributed by atoms with Crippen LogP contribution in [0.1, 0.15) is 16.1 Å². The standard InChI is InChI=1S/C12H9Cl2NO2/c13-9-4-8(5-10(14)6-9)7-15-12(16)11-2-1-3-17-11/h1-6H,7H2,(H,15,16). The zero-order valence-corrected chi connectivity index (χ0v) is 10.3. The molecule has 0 saturated heterocycles. The molecule has 1 heterocycles. The predicted octanol–water partition coefficient (Wildman–Crippen LogP) is 3.52. The Hall–Kier alpha value is -1.45. The lowest BCUT2D eigenvalue weighted by Gasteiger charge is -2.04. The summed E-state index contributed by atoms with van der Waals surface area (Å²) in [6.45, 7) is 0.347. The molecule has 0 fully saturated rings. The number of carbonyl (C=O) groups is 1. The Morgan fingerprint density at radius 3 is 2.53 bits per heavy atom. The van der Waals surface area contributed by atoms with Gasteiger partial charge >= 0.3 is 0 Å². The SMILES string of the molecule is O=C(NCc1cc(Cl)cc(Cl)c1)c1ccco1. The predicted molar refractivity (Wildman–Crippen MR) is 66.3 cm³/mol. The highest BCUT2D eigenvalue weighted by molar-refractivity contribution is 6.34. The lowest BCUT2D eigenvalue weighted by molar-refractivity contribution is 0.0923. The third kappa shape index (κ3) is 3.25. The first-order valence-electron chi connectivity index (χ1n) is 4.92. The van der Waals surface area contributed by atoms with Crippen molar-refractivity contribution >= 4 is 29.1 Å². The van der Waals surface area contributed by atoms with Crippen LogP contribution in [0.25, 0.3) is 0 Å². The quantitative estimate of drug-likeness (QED) is 0.927. The van der Waals surface area contributed by atoms with E-state index in [2.05, 4.69) is 5.32 Å². The molecule has 1 aromatic carbocycles. The monoisotopic (exact) mass is 269 g/mol. The molecule has 1 N–H and O–H groups in total. The van der Waals surface area contributed by atoms with E-state index < -0.39 is 0 Å². The maximum absolute atomic E-state index is 11.6. The number of halogens is 2. The smallest absolute Gasteiger partial charge is 0.287 e. The van der Waals surface area contributed by atoms with Gasteiger partial charge in [-0.2, -0.15) is 0 Å². The molecule has 0 atom stereocenters. The van der Waals surface area contributed by atoms with E-state index in [1.54, 1.807) is 30.3 Å². The Morgan fingerprint density at radius 2 is 1.94 bits per heavy atom. The van der Waals surface area contributed by atoms with Crippen molar-refractivity contribution in [2.75, 3.05) is 0 Å². The number of furan rings is 1. The molecule has 2 aromatic rings. The van der Waals surface area contributed by atoms with Gasteiger partial charge in [-0.3, -0.25) is 4.79 Å². The van der Waals surface area contributed by atoms with Crippen LogP contribution in [0.2, 0.25) is 10.0 Å². The number of hydrogen-bond acceptors (Lipinski definition) is 2. The van der Waals surface area contributed by atoms with Gasteiger partial charge in [-0.1, -0.05) is 23.2 Å². The summed E-state index contributed by atoms with van der Waals surface area (Å²) in [4.78, 5) is 11.6. The normalized spacial score (nSPS) is 10.2. The molecule has 0 unspecified atom stereocenters. The number of benzene rings is 1. The van der Waals surface area contributed by atoms with Crippen LogP contribution in [0, 0.1) is 0 Å². The van der Waals surface area contributed by atoms with E-state index in [9.17, 15) is 4.79 Å². The summed E-state index contributed by atoms with van der Waals surface area (Å²) in [7, 11) is 0. The molecule has 0 aliphatic rings. The summed E-state index contributed by atoms with van der Waals surface area (Å²) >= 11 is 11.7. The number of nitrogens with one attached hydrogen (secondary N) is 1. The first-order chi connectivity index (χ1) is 8.15. The molecule has 2 rings (SSSR count). The Labute approximate surface area is 108 Å². The van der Waals surface area contributed by atoms with Gasteiger partial charge in [0.05, 0.1) is 6.26 Å². The molecule has 17 heavy (non-hydrogen) atoms. The third-order valence-corrected chi connectivity index (χ3v) is 2.56. The highest BCUT2D eigenvalue weighted by Crippen LogP contribution is 2.18. The van der Waals surface area contributed by atoms with Crippen LogP contribution in [0.15, 0.2) is 41.0 Å². The van der Waals surface area contributed by atoms with Crippen LogP contribution in [0.3, 0.4) is 0 Å². The highest BCUT2D eigenvalue weighted by Gasteiger charge is 2.07. The average molecular weight is 270 g/mol. The van der Waals surface area contributed by atoms with Crippen LogP contribution in [0.4, 0.5) is 0 Å². The van der Waals surface area contributed by atoms with E-state index in [-0.39, 0.29) is 11.7 Å². The van der Waals surface area contributed by atoms with Crippen molar-refractivity contribution in [1.29, 1.82) is 0 Å². The van der Waals surface area contributed by atoms with Crippen molar-refractivity contribution in [3.05, 3.63) is 58.0 Å². The zero-order chi connectivity index (χ0) is 12.3. The summed E-state index contributed by atoms with van der Waals surface area (Å²) in [6.07, 6.45) is 1.45. The van der Waals surface area contributed by atoms with Gasteiger partial charge in [0.15, 0.2) is 5.76 Å². The van der Waals surface area contributed by atoms with Crippen molar-refractivity contribution in [1.82, 2.24) is 5.32 Å². The minimum absolute atomic E-state index is 0.272.